The number of carbonyl (C=O) groups excluding carboxylic acids is 2. The third-order valence-electron chi connectivity index (χ3n) is 6.66. The van der Waals surface area contributed by atoms with Gasteiger partial charge in [0, 0.05) is 51.7 Å². The summed E-state index contributed by atoms with van der Waals surface area (Å²) in [6.45, 7) is 5.57. The van der Waals surface area contributed by atoms with Gasteiger partial charge in [-0.2, -0.15) is 5.10 Å². The molecule has 0 aliphatic carbocycles. The molecule has 0 radical (unpaired) electrons. The van der Waals surface area contributed by atoms with Crippen LogP contribution in [0.15, 0.2) is 48.7 Å². The molecule has 3 heterocycles. The second-order valence-corrected chi connectivity index (χ2v) is 8.84. The van der Waals surface area contributed by atoms with E-state index in [0.717, 1.165) is 38.2 Å². The largest absolute Gasteiger partial charge is 0.379 e. The Morgan fingerprint density at radius 1 is 1.06 bits per heavy atom. The number of ether oxygens (including phenoxy) is 1. The summed E-state index contributed by atoms with van der Waals surface area (Å²) in [5.74, 6) is -0.457. The highest BCUT2D eigenvalue weighted by molar-refractivity contribution is 6.04. The number of urea groups is 1. The Morgan fingerprint density at radius 2 is 1.83 bits per heavy atom. The van der Waals surface area contributed by atoms with E-state index in [9.17, 15) is 14.0 Å². The van der Waals surface area contributed by atoms with Crippen molar-refractivity contribution in [3.05, 3.63) is 54.5 Å². The number of hydrogen-bond acceptors (Lipinski definition) is 5. The third kappa shape index (κ3) is 4.71. The van der Waals surface area contributed by atoms with Crippen LogP contribution in [0, 0.1) is 5.82 Å². The third-order valence-corrected chi connectivity index (χ3v) is 6.66. The van der Waals surface area contributed by atoms with E-state index in [1.807, 2.05) is 18.2 Å². The Kier molecular flexibility index (Phi) is 6.65. The first-order valence-electron chi connectivity index (χ1n) is 11.8. The number of nitrogens with zero attached hydrogens (tertiary/aromatic N) is 6. The molecule has 2 aliphatic rings. The number of halogens is 1. The first kappa shape index (κ1) is 23.3. The van der Waals surface area contributed by atoms with Crippen LogP contribution in [0.2, 0.25) is 0 Å². The smallest absolute Gasteiger partial charge is 0.325 e. The van der Waals surface area contributed by atoms with Crippen LogP contribution in [0.25, 0.3) is 16.6 Å². The Hall–Kier alpha value is -3.50. The van der Waals surface area contributed by atoms with Crippen LogP contribution in [0.4, 0.5) is 14.9 Å². The molecule has 0 unspecified atom stereocenters. The number of likely N-dealkylation sites (N-methyl/N-ethyl adjacent to an activating group) is 1. The molecular formula is C25H29FN6O3. The van der Waals surface area contributed by atoms with Crippen LogP contribution in [0.3, 0.4) is 0 Å². The van der Waals surface area contributed by atoms with Crippen molar-refractivity contribution < 1.29 is 18.7 Å². The van der Waals surface area contributed by atoms with Crippen molar-refractivity contribution in [1.82, 2.24) is 24.5 Å². The maximum Gasteiger partial charge on any atom is 0.325 e. The molecule has 2 aromatic carbocycles. The summed E-state index contributed by atoms with van der Waals surface area (Å²) in [5.41, 5.74) is 1.75. The average molecular weight is 481 g/mol. The Balaban J connectivity index is 1.26. The van der Waals surface area contributed by atoms with Gasteiger partial charge in [-0.05, 0) is 24.3 Å². The lowest BCUT2D eigenvalue weighted by atomic mass is 10.2. The molecule has 3 amide bonds. The van der Waals surface area contributed by atoms with E-state index < -0.39 is 0 Å². The second kappa shape index (κ2) is 10.0. The van der Waals surface area contributed by atoms with Crippen molar-refractivity contribution in [2.24, 2.45) is 0 Å². The molecule has 0 spiro atoms. The standard InChI is InChI=1S/C25H29FN6O3/c1-28(9-10-29-13-15-35-16-14-29)24(33)18-30-11-12-31(25(30)34)21-7-4-8-22-19(21)17-27-32(22)23-6-3-2-5-20(23)26/h2-8,17H,9-16,18H2,1H3. The Bertz CT molecular complexity index is 1220. The number of morpholine rings is 1. The second-order valence-electron chi connectivity index (χ2n) is 8.84. The Morgan fingerprint density at radius 3 is 2.63 bits per heavy atom. The molecule has 2 aliphatic heterocycles. The summed E-state index contributed by atoms with van der Waals surface area (Å²) < 4.78 is 21.3. The van der Waals surface area contributed by atoms with Crippen molar-refractivity contribution in [1.29, 1.82) is 0 Å². The van der Waals surface area contributed by atoms with Crippen LogP contribution in [0.1, 0.15) is 0 Å². The molecule has 9 nitrogen and oxygen atoms in total. The maximum atomic E-state index is 14.4. The summed E-state index contributed by atoms with van der Waals surface area (Å²) in [6, 6.07) is 11.8. The highest BCUT2D eigenvalue weighted by Crippen LogP contribution is 2.31. The lowest BCUT2D eigenvalue weighted by molar-refractivity contribution is -0.130. The fraction of sp³-hybridized carbons (Fsp3) is 0.400. The minimum absolute atomic E-state index is 0.0411. The van der Waals surface area contributed by atoms with Gasteiger partial charge in [-0.3, -0.25) is 14.6 Å². The van der Waals surface area contributed by atoms with Gasteiger partial charge in [0.1, 0.15) is 18.0 Å². The number of para-hydroxylation sites is 1. The summed E-state index contributed by atoms with van der Waals surface area (Å²) >= 11 is 0. The summed E-state index contributed by atoms with van der Waals surface area (Å²) in [4.78, 5) is 33.2. The van der Waals surface area contributed by atoms with Crippen LogP contribution in [-0.4, -0.2) is 102 Å². The zero-order chi connectivity index (χ0) is 24.4. The van der Waals surface area contributed by atoms with Gasteiger partial charge in [-0.25, -0.2) is 13.9 Å². The van der Waals surface area contributed by atoms with E-state index in [0.29, 0.717) is 36.5 Å². The number of hydrogen-bond donors (Lipinski definition) is 0. The molecular weight excluding hydrogens is 451 g/mol. The molecule has 10 heteroatoms. The van der Waals surface area contributed by atoms with Crippen LogP contribution in [-0.2, 0) is 9.53 Å². The minimum Gasteiger partial charge on any atom is -0.379 e. The number of carbonyl (C=O) groups is 2. The summed E-state index contributed by atoms with van der Waals surface area (Å²) in [6.07, 6.45) is 1.65. The number of benzene rings is 2. The van der Waals surface area contributed by atoms with Crippen molar-refractivity contribution >= 4 is 28.5 Å². The van der Waals surface area contributed by atoms with Gasteiger partial charge >= 0.3 is 6.03 Å². The topological polar surface area (TPSA) is 74.2 Å². The van der Waals surface area contributed by atoms with E-state index in [1.54, 1.807) is 50.8 Å². The van der Waals surface area contributed by atoms with Gasteiger partial charge in [0.25, 0.3) is 0 Å². The summed E-state index contributed by atoms with van der Waals surface area (Å²) in [5, 5.41) is 5.14. The molecule has 0 atom stereocenters. The predicted octanol–water partition coefficient (Wildman–Crippen LogP) is 2.20. The molecule has 5 rings (SSSR count). The molecule has 35 heavy (non-hydrogen) atoms. The maximum absolute atomic E-state index is 14.4. The minimum atomic E-state index is -0.373. The zero-order valence-electron chi connectivity index (χ0n) is 19.8. The highest BCUT2D eigenvalue weighted by atomic mass is 19.1. The van der Waals surface area contributed by atoms with Crippen LogP contribution < -0.4 is 4.90 Å². The first-order chi connectivity index (χ1) is 17.0. The van der Waals surface area contributed by atoms with E-state index >= 15 is 0 Å². The van der Waals surface area contributed by atoms with Crippen molar-refractivity contribution in [2.75, 3.05) is 71.0 Å². The molecule has 2 saturated heterocycles. The molecule has 184 valence electrons. The number of rotatable bonds is 7. The molecule has 1 aromatic heterocycles. The predicted molar refractivity (Wildman–Crippen MR) is 130 cm³/mol. The van der Waals surface area contributed by atoms with Crippen molar-refractivity contribution in [3.63, 3.8) is 0 Å². The van der Waals surface area contributed by atoms with Gasteiger partial charge in [0.05, 0.1) is 30.6 Å². The molecule has 0 saturated carbocycles. The van der Waals surface area contributed by atoms with Gasteiger partial charge in [0.15, 0.2) is 0 Å². The van der Waals surface area contributed by atoms with Gasteiger partial charge in [0.2, 0.25) is 5.91 Å². The Labute approximate surface area is 203 Å². The normalized spacial score (nSPS) is 16.9. The quantitative estimate of drug-likeness (QED) is 0.519. The van der Waals surface area contributed by atoms with E-state index in [2.05, 4.69) is 10.00 Å². The van der Waals surface area contributed by atoms with Crippen LogP contribution in [0.5, 0.6) is 0 Å². The average Bonchev–Trinajstić information content (AvgIpc) is 3.47. The number of fused-ring (bicyclic) bond motifs is 1. The van der Waals surface area contributed by atoms with E-state index in [1.165, 1.54) is 6.07 Å². The van der Waals surface area contributed by atoms with E-state index in [-0.39, 0.29) is 24.3 Å². The van der Waals surface area contributed by atoms with Crippen molar-refractivity contribution in [3.8, 4) is 5.69 Å². The monoisotopic (exact) mass is 480 g/mol. The molecule has 3 aromatic rings. The van der Waals surface area contributed by atoms with Gasteiger partial charge in [-0.1, -0.05) is 18.2 Å². The van der Waals surface area contributed by atoms with Gasteiger partial charge in [-0.15, -0.1) is 0 Å². The lowest BCUT2D eigenvalue weighted by Crippen LogP contribution is -2.45. The lowest BCUT2D eigenvalue weighted by Gasteiger charge is -2.29. The SMILES string of the molecule is CN(CCN1CCOCC1)C(=O)CN1CCN(c2cccc3c2cnn3-c2ccccc2F)C1=O. The number of anilines is 1. The van der Waals surface area contributed by atoms with E-state index in [4.69, 9.17) is 4.74 Å². The number of aromatic nitrogens is 2. The molecule has 0 N–H and O–H groups in total. The molecule has 0 bridgehead atoms. The fourth-order valence-corrected chi connectivity index (χ4v) is 4.56. The highest BCUT2D eigenvalue weighted by Gasteiger charge is 2.32. The fourth-order valence-electron chi connectivity index (χ4n) is 4.56. The number of amides is 3. The zero-order valence-corrected chi connectivity index (χ0v) is 19.8. The van der Waals surface area contributed by atoms with Crippen molar-refractivity contribution in [2.45, 2.75) is 0 Å². The summed E-state index contributed by atoms with van der Waals surface area (Å²) in [7, 11) is 1.78. The first-order valence-corrected chi connectivity index (χ1v) is 11.8. The molecule has 2 fully saturated rings. The van der Waals surface area contributed by atoms with Gasteiger partial charge < -0.3 is 14.5 Å². The van der Waals surface area contributed by atoms with Crippen LogP contribution >= 0.6 is 0 Å².